The quantitative estimate of drug-likeness (QED) is 0.729. The predicted molar refractivity (Wildman–Crippen MR) is 47.3 cm³/mol. The van der Waals surface area contributed by atoms with Gasteiger partial charge in [0.2, 0.25) is 0 Å². The monoisotopic (exact) mass is 180 g/mol. The van der Waals surface area contributed by atoms with E-state index in [2.05, 4.69) is 10.2 Å². The Labute approximate surface area is 74.5 Å². The van der Waals surface area contributed by atoms with Gasteiger partial charge >= 0.3 is 0 Å². The number of nitrogens with zero attached hydrogens (tertiary/aromatic N) is 1. The summed E-state index contributed by atoms with van der Waals surface area (Å²) >= 11 is 0. The molecule has 0 aliphatic rings. The van der Waals surface area contributed by atoms with Gasteiger partial charge in [0, 0.05) is 5.69 Å². The second-order valence-corrected chi connectivity index (χ2v) is 2.82. The van der Waals surface area contributed by atoms with E-state index < -0.39 is 0 Å². The molecule has 1 aromatic heterocycles. The van der Waals surface area contributed by atoms with Crippen LogP contribution in [0.5, 0.6) is 5.75 Å². The van der Waals surface area contributed by atoms with Gasteiger partial charge in [0.25, 0.3) is 0 Å². The Kier molecular flexibility index (Phi) is 1.69. The molecule has 13 heavy (non-hydrogen) atoms. The smallest absolute Gasteiger partial charge is 0.176 e. The van der Waals surface area contributed by atoms with Crippen molar-refractivity contribution in [2.24, 2.45) is 0 Å². The lowest BCUT2D eigenvalue weighted by Crippen LogP contribution is -1.88. The molecule has 1 N–H and O–H groups in total. The fraction of sp³-hybridized carbons (Fsp3) is 0.222. The SMILES string of the molecule is COc1ccc2n[nH]c(C)c2c1F. The van der Waals surface area contributed by atoms with Crippen molar-refractivity contribution in [1.82, 2.24) is 10.2 Å². The largest absolute Gasteiger partial charge is 0.494 e. The van der Waals surface area contributed by atoms with E-state index in [1.165, 1.54) is 7.11 Å². The van der Waals surface area contributed by atoms with Gasteiger partial charge in [-0.2, -0.15) is 5.10 Å². The number of fused-ring (bicyclic) bond motifs is 1. The summed E-state index contributed by atoms with van der Waals surface area (Å²) in [6.07, 6.45) is 0. The van der Waals surface area contributed by atoms with E-state index in [4.69, 9.17) is 4.74 Å². The highest BCUT2D eigenvalue weighted by atomic mass is 19.1. The van der Waals surface area contributed by atoms with E-state index in [-0.39, 0.29) is 11.6 Å². The highest BCUT2D eigenvalue weighted by Crippen LogP contribution is 2.26. The molecule has 0 atom stereocenters. The second kappa shape index (κ2) is 2.73. The molecule has 2 aromatic rings. The first-order chi connectivity index (χ1) is 6.24. The number of aromatic amines is 1. The molecule has 0 radical (unpaired) electrons. The number of hydrogen-bond acceptors (Lipinski definition) is 2. The summed E-state index contributed by atoms with van der Waals surface area (Å²) in [6.45, 7) is 1.78. The number of rotatable bonds is 1. The van der Waals surface area contributed by atoms with E-state index >= 15 is 0 Å². The van der Waals surface area contributed by atoms with E-state index in [0.717, 1.165) is 0 Å². The summed E-state index contributed by atoms with van der Waals surface area (Å²) in [7, 11) is 1.44. The Hall–Kier alpha value is -1.58. The van der Waals surface area contributed by atoms with Gasteiger partial charge < -0.3 is 4.74 Å². The Morgan fingerprint density at radius 2 is 2.23 bits per heavy atom. The van der Waals surface area contributed by atoms with Crippen LogP contribution in [0, 0.1) is 12.7 Å². The van der Waals surface area contributed by atoms with Gasteiger partial charge in [0.15, 0.2) is 11.6 Å². The zero-order valence-corrected chi connectivity index (χ0v) is 7.39. The van der Waals surface area contributed by atoms with Gasteiger partial charge in [-0.3, -0.25) is 5.10 Å². The maximum absolute atomic E-state index is 13.6. The molecule has 0 saturated carbocycles. The highest BCUT2D eigenvalue weighted by molar-refractivity contribution is 5.83. The minimum atomic E-state index is -0.355. The number of ether oxygens (including phenoxy) is 1. The summed E-state index contributed by atoms with van der Waals surface area (Å²) in [5, 5.41) is 7.16. The third-order valence-corrected chi connectivity index (χ3v) is 2.02. The van der Waals surface area contributed by atoms with Crippen molar-refractivity contribution >= 4 is 10.9 Å². The van der Waals surface area contributed by atoms with Crippen molar-refractivity contribution < 1.29 is 9.13 Å². The Bertz CT molecular complexity index is 450. The van der Waals surface area contributed by atoms with Crippen LogP contribution in [-0.2, 0) is 0 Å². The van der Waals surface area contributed by atoms with Crippen LogP contribution in [0.15, 0.2) is 12.1 Å². The molecule has 0 spiro atoms. The van der Waals surface area contributed by atoms with E-state index in [9.17, 15) is 4.39 Å². The van der Waals surface area contributed by atoms with Crippen molar-refractivity contribution in [3.63, 3.8) is 0 Å². The van der Waals surface area contributed by atoms with Gasteiger partial charge in [0.05, 0.1) is 18.0 Å². The predicted octanol–water partition coefficient (Wildman–Crippen LogP) is 2.02. The number of methoxy groups -OCH3 is 1. The number of benzene rings is 1. The first-order valence-corrected chi connectivity index (χ1v) is 3.91. The number of aromatic nitrogens is 2. The van der Waals surface area contributed by atoms with Crippen LogP contribution >= 0.6 is 0 Å². The standard InChI is InChI=1S/C9H9FN2O/c1-5-8-6(12-11-5)3-4-7(13-2)9(8)10/h3-4H,1-2H3,(H,11,12). The topological polar surface area (TPSA) is 37.9 Å². The lowest BCUT2D eigenvalue weighted by Gasteiger charge is -2.01. The average molecular weight is 180 g/mol. The third kappa shape index (κ3) is 1.06. The molecule has 3 nitrogen and oxygen atoms in total. The van der Waals surface area contributed by atoms with Crippen LogP contribution in [0.1, 0.15) is 5.69 Å². The molecule has 0 aliphatic carbocycles. The first-order valence-electron chi connectivity index (χ1n) is 3.91. The summed E-state index contributed by atoms with van der Waals surface area (Å²) in [4.78, 5) is 0. The van der Waals surface area contributed by atoms with Gasteiger partial charge in [0.1, 0.15) is 0 Å². The van der Waals surface area contributed by atoms with Gasteiger partial charge in [-0.1, -0.05) is 0 Å². The van der Waals surface area contributed by atoms with Crippen molar-refractivity contribution in [2.75, 3.05) is 7.11 Å². The van der Waals surface area contributed by atoms with Gasteiger partial charge in [-0.25, -0.2) is 4.39 Å². The van der Waals surface area contributed by atoms with E-state index in [1.54, 1.807) is 19.1 Å². The average Bonchev–Trinajstić information content (AvgIpc) is 2.49. The molecule has 4 heteroatoms. The maximum atomic E-state index is 13.6. The number of aryl methyl sites for hydroxylation is 1. The molecule has 68 valence electrons. The summed E-state index contributed by atoms with van der Waals surface area (Å²) < 4.78 is 18.4. The molecule has 0 fully saturated rings. The molecule has 0 bridgehead atoms. The van der Waals surface area contributed by atoms with Crippen LogP contribution in [0.2, 0.25) is 0 Å². The molecule has 1 aromatic carbocycles. The zero-order valence-electron chi connectivity index (χ0n) is 7.39. The number of hydrogen-bond donors (Lipinski definition) is 1. The molecule has 0 unspecified atom stereocenters. The second-order valence-electron chi connectivity index (χ2n) is 2.82. The minimum absolute atomic E-state index is 0.247. The molecular formula is C9H9FN2O. The van der Waals surface area contributed by atoms with Crippen LogP contribution < -0.4 is 4.74 Å². The fourth-order valence-corrected chi connectivity index (χ4v) is 1.35. The Morgan fingerprint density at radius 1 is 1.46 bits per heavy atom. The lowest BCUT2D eigenvalue weighted by atomic mass is 10.2. The normalized spacial score (nSPS) is 10.7. The highest BCUT2D eigenvalue weighted by Gasteiger charge is 2.11. The van der Waals surface area contributed by atoms with Crippen LogP contribution in [-0.4, -0.2) is 17.3 Å². The van der Waals surface area contributed by atoms with E-state index in [0.29, 0.717) is 16.6 Å². The van der Waals surface area contributed by atoms with Crippen molar-refractivity contribution in [3.05, 3.63) is 23.6 Å². The first kappa shape index (κ1) is 8.04. The van der Waals surface area contributed by atoms with Gasteiger partial charge in [-0.05, 0) is 19.1 Å². The van der Waals surface area contributed by atoms with Crippen LogP contribution in [0.3, 0.4) is 0 Å². The zero-order chi connectivity index (χ0) is 9.42. The molecule has 0 amide bonds. The fourth-order valence-electron chi connectivity index (χ4n) is 1.35. The third-order valence-electron chi connectivity index (χ3n) is 2.02. The number of nitrogens with one attached hydrogen (secondary N) is 1. The van der Waals surface area contributed by atoms with Gasteiger partial charge in [-0.15, -0.1) is 0 Å². The Balaban J connectivity index is 2.83. The molecule has 0 saturated heterocycles. The maximum Gasteiger partial charge on any atom is 0.176 e. The van der Waals surface area contributed by atoms with E-state index in [1.807, 2.05) is 0 Å². The molecular weight excluding hydrogens is 171 g/mol. The number of halogens is 1. The molecule has 0 aliphatic heterocycles. The van der Waals surface area contributed by atoms with Crippen molar-refractivity contribution in [1.29, 1.82) is 0 Å². The summed E-state index contributed by atoms with van der Waals surface area (Å²) in [6, 6.07) is 3.29. The number of H-pyrrole nitrogens is 1. The van der Waals surface area contributed by atoms with Crippen molar-refractivity contribution in [3.8, 4) is 5.75 Å². The van der Waals surface area contributed by atoms with Crippen LogP contribution in [0.25, 0.3) is 10.9 Å². The molecule has 1 heterocycles. The Morgan fingerprint density at radius 3 is 2.92 bits per heavy atom. The summed E-state index contributed by atoms with van der Waals surface area (Å²) in [5.74, 6) is -0.108. The van der Waals surface area contributed by atoms with Crippen molar-refractivity contribution in [2.45, 2.75) is 6.92 Å². The summed E-state index contributed by atoms with van der Waals surface area (Å²) in [5.41, 5.74) is 1.34. The lowest BCUT2D eigenvalue weighted by molar-refractivity contribution is 0.389. The van der Waals surface area contributed by atoms with Crippen LogP contribution in [0.4, 0.5) is 4.39 Å². The molecule has 2 rings (SSSR count). The minimum Gasteiger partial charge on any atom is -0.494 e.